The summed E-state index contributed by atoms with van der Waals surface area (Å²) in [6.45, 7) is 10.8. The van der Waals surface area contributed by atoms with Gasteiger partial charge in [-0.05, 0) is 57.7 Å². The number of anilines is 2. The maximum absolute atomic E-state index is 13.6. The average Bonchev–Trinajstić information content (AvgIpc) is 3.56. The number of piperazine rings is 1. The second kappa shape index (κ2) is 10.6. The van der Waals surface area contributed by atoms with Crippen LogP contribution in [0.5, 0.6) is 0 Å². The van der Waals surface area contributed by atoms with Crippen molar-refractivity contribution in [2.24, 2.45) is 5.92 Å². The van der Waals surface area contributed by atoms with Crippen LogP contribution in [0.15, 0.2) is 55.1 Å². The van der Waals surface area contributed by atoms with Crippen molar-refractivity contribution in [2.75, 3.05) is 36.0 Å². The second-order valence-electron chi connectivity index (χ2n) is 12.7. The molecule has 0 radical (unpaired) electrons. The van der Waals surface area contributed by atoms with Crippen molar-refractivity contribution >= 4 is 39.8 Å². The third kappa shape index (κ3) is 5.51. The zero-order valence-electron chi connectivity index (χ0n) is 25.1. The highest BCUT2D eigenvalue weighted by Crippen LogP contribution is 2.39. The monoisotopic (exact) mass is 579 g/mol. The number of para-hydroxylation sites is 1. The Balaban J connectivity index is 1.30. The molecule has 1 aromatic carbocycles. The normalized spacial score (nSPS) is 16.7. The number of rotatable bonds is 7. The standard InChI is InChI=1S/C32H37N9O2/c1-21-9-12-26(33-18-21)38-13-15-39(16-14-38)31-36-28-27(29(37-31)41-24-8-6-5-7-23(24)19-35-41)34-20-40(28)25(17-22-10-11-22)30(42)43-32(2,3)4/h5-9,12,18-20,22,25H,10-11,13-17H2,1-4H3. The van der Waals surface area contributed by atoms with Crippen LogP contribution in [-0.2, 0) is 9.53 Å². The minimum Gasteiger partial charge on any atom is -0.458 e. The second-order valence-corrected chi connectivity index (χ2v) is 12.7. The van der Waals surface area contributed by atoms with Crippen molar-refractivity contribution < 1.29 is 9.53 Å². The number of aromatic nitrogens is 7. The number of carbonyl (C=O) groups is 1. The van der Waals surface area contributed by atoms with Gasteiger partial charge in [-0.15, -0.1) is 0 Å². The topological polar surface area (TPSA) is 107 Å². The maximum atomic E-state index is 13.6. The summed E-state index contributed by atoms with van der Waals surface area (Å²) >= 11 is 0. The quantitative estimate of drug-likeness (QED) is 0.249. The molecule has 1 saturated heterocycles. The molecule has 2 aliphatic rings. The van der Waals surface area contributed by atoms with E-state index in [1.54, 1.807) is 6.33 Å². The van der Waals surface area contributed by atoms with Gasteiger partial charge in [0.25, 0.3) is 0 Å². The first kappa shape index (κ1) is 27.3. The number of hydrogen-bond acceptors (Lipinski definition) is 9. The maximum Gasteiger partial charge on any atom is 0.329 e. The van der Waals surface area contributed by atoms with Crippen molar-refractivity contribution in [1.82, 2.24) is 34.3 Å². The third-order valence-electron chi connectivity index (χ3n) is 8.12. The van der Waals surface area contributed by atoms with Gasteiger partial charge in [-0.1, -0.05) is 37.1 Å². The van der Waals surface area contributed by atoms with Crippen LogP contribution < -0.4 is 9.80 Å². The Morgan fingerprint density at radius 2 is 1.74 bits per heavy atom. The molecule has 1 saturated carbocycles. The van der Waals surface area contributed by atoms with Gasteiger partial charge >= 0.3 is 5.97 Å². The molecular weight excluding hydrogens is 542 g/mol. The number of nitrogens with zero attached hydrogens (tertiary/aromatic N) is 9. The predicted octanol–water partition coefficient (Wildman–Crippen LogP) is 4.88. The van der Waals surface area contributed by atoms with E-state index in [-0.39, 0.29) is 5.97 Å². The van der Waals surface area contributed by atoms with Crippen LogP contribution in [0.1, 0.15) is 51.6 Å². The highest BCUT2D eigenvalue weighted by molar-refractivity contribution is 5.87. The van der Waals surface area contributed by atoms with E-state index in [9.17, 15) is 4.79 Å². The van der Waals surface area contributed by atoms with E-state index in [4.69, 9.17) is 24.8 Å². The molecule has 2 fully saturated rings. The predicted molar refractivity (Wildman–Crippen MR) is 166 cm³/mol. The highest BCUT2D eigenvalue weighted by Gasteiger charge is 2.35. The number of hydrogen-bond donors (Lipinski definition) is 0. The molecule has 7 rings (SSSR count). The SMILES string of the molecule is Cc1ccc(N2CCN(c3nc(-n4ncc5ccccc54)c4ncn(C(CC5CC5)C(=O)OC(C)(C)C)c4n3)CC2)nc1. The van der Waals surface area contributed by atoms with Crippen molar-refractivity contribution in [1.29, 1.82) is 0 Å². The molecular formula is C32H37N9O2. The number of imidazole rings is 1. The fourth-order valence-corrected chi connectivity index (χ4v) is 5.69. The van der Waals surface area contributed by atoms with Gasteiger partial charge in [0.2, 0.25) is 5.95 Å². The molecule has 4 aromatic heterocycles. The Morgan fingerprint density at radius 1 is 0.977 bits per heavy atom. The fraction of sp³-hybridized carbons (Fsp3) is 0.438. The largest absolute Gasteiger partial charge is 0.458 e. The summed E-state index contributed by atoms with van der Waals surface area (Å²) in [6.07, 6.45) is 8.40. The smallest absolute Gasteiger partial charge is 0.329 e. The van der Waals surface area contributed by atoms with Crippen molar-refractivity contribution in [3.05, 3.63) is 60.7 Å². The summed E-state index contributed by atoms with van der Waals surface area (Å²) in [5.74, 6) is 2.40. The van der Waals surface area contributed by atoms with Crippen molar-refractivity contribution in [3.63, 3.8) is 0 Å². The molecule has 1 aliphatic carbocycles. The van der Waals surface area contributed by atoms with Crippen LogP contribution in [0.2, 0.25) is 0 Å². The minimum atomic E-state index is -0.597. The lowest BCUT2D eigenvalue weighted by Crippen LogP contribution is -2.47. The number of fused-ring (bicyclic) bond motifs is 2. The zero-order valence-corrected chi connectivity index (χ0v) is 25.1. The van der Waals surface area contributed by atoms with Gasteiger partial charge in [-0.25, -0.2) is 19.4 Å². The zero-order chi connectivity index (χ0) is 29.7. The summed E-state index contributed by atoms with van der Waals surface area (Å²) in [4.78, 5) is 37.6. The molecule has 11 nitrogen and oxygen atoms in total. The molecule has 0 spiro atoms. The minimum absolute atomic E-state index is 0.260. The number of pyridine rings is 1. The van der Waals surface area contributed by atoms with Gasteiger partial charge in [0.15, 0.2) is 17.0 Å². The van der Waals surface area contributed by atoms with E-state index in [2.05, 4.69) is 26.9 Å². The molecule has 1 aliphatic heterocycles. The van der Waals surface area contributed by atoms with Crippen LogP contribution in [0.25, 0.3) is 27.9 Å². The van der Waals surface area contributed by atoms with Gasteiger partial charge in [0.1, 0.15) is 17.5 Å². The number of carbonyl (C=O) groups excluding carboxylic acids is 1. The van der Waals surface area contributed by atoms with E-state index in [1.807, 2.05) is 73.6 Å². The Bertz CT molecular complexity index is 1770. The van der Waals surface area contributed by atoms with Gasteiger partial charge in [-0.2, -0.15) is 15.1 Å². The van der Waals surface area contributed by atoms with Crippen LogP contribution in [-0.4, -0.2) is 72.0 Å². The molecule has 0 bridgehead atoms. The van der Waals surface area contributed by atoms with E-state index in [1.165, 1.54) is 0 Å². The van der Waals surface area contributed by atoms with Gasteiger partial charge < -0.3 is 19.1 Å². The van der Waals surface area contributed by atoms with E-state index in [0.29, 0.717) is 35.3 Å². The number of benzene rings is 1. The number of ether oxygens (including phenoxy) is 1. The summed E-state index contributed by atoms with van der Waals surface area (Å²) in [5, 5.41) is 5.72. The summed E-state index contributed by atoms with van der Waals surface area (Å²) in [7, 11) is 0. The lowest BCUT2D eigenvalue weighted by molar-refractivity contribution is -0.159. The molecule has 222 valence electrons. The Hall–Kier alpha value is -4.54. The molecule has 1 unspecified atom stereocenters. The number of esters is 1. The van der Waals surface area contributed by atoms with E-state index in [0.717, 1.165) is 61.3 Å². The lowest BCUT2D eigenvalue weighted by atomic mass is 10.1. The third-order valence-corrected chi connectivity index (χ3v) is 8.12. The van der Waals surface area contributed by atoms with Crippen LogP contribution in [0.4, 0.5) is 11.8 Å². The van der Waals surface area contributed by atoms with Gasteiger partial charge in [-0.3, -0.25) is 0 Å². The highest BCUT2D eigenvalue weighted by atomic mass is 16.6. The van der Waals surface area contributed by atoms with Gasteiger partial charge in [0, 0.05) is 37.8 Å². The van der Waals surface area contributed by atoms with Crippen molar-refractivity contribution in [2.45, 2.75) is 58.6 Å². The Morgan fingerprint density at radius 3 is 2.47 bits per heavy atom. The first-order chi connectivity index (χ1) is 20.7. The summed E-state index contributed by atoms with van der Waals surface area (Å²) < 4.78 is 9.63. The van der Waals surface area contributed by atoms with Crippen LogP contribution in [0.3, 0.4) is 0 Å². The molecule has 1 atom stereocenters. The number of aryl methyl sites for hydroxylation is 1. The summed E-state index contributed by atoms with van der Waals surface area (Å²) in [5.41, 5.74) is 2.69. The first-order valence-electron chi connectivity index (χ1n) is 15.1. The van der Waals surface area contributed by atoms with Crippen LogP contribution in [0, 0.1) is 12.8 Å². The summed E-state index contributed by atoms with van der Waals surface area (Å²) in [6, 6.07) is 11.7. The average molecular weight is 580 g/mol. The molecule has 11 heteroatoms. The lowest BCUT2D eigenvalue weighted by Gasteiger charge is -2.35. The van der Waals surface area contributed by atoms with Crippen molar-refractivity contribution in [3.8, 4) is 5.82 Å². The van der Waals surface area contributed by atoms with Crippen LogP contribution >= 0.6 is 0 Å². The Labute approximate surface area is 250 Å². The molecule has 0 N–H and O–H groups in total. The molecule has 43 heavy (non-hydrogen) atoms. The first-order valence-corrected chi connectivity index (χ1v) is 15.1. The van der Waals surface area contributed by atoms with E-state index < -0.39 is 11.6 Å². The molecule has 5 heterocycles. The Kier molecular flexibility index (Phi) is 6.75. The van der Waals surface area contributed by atoms with Gasteiger partial charge in [0.05, 0.1) is 18.0 Å². The molecule has 0 amide bonds. The van der Waals surface area contributed by atoms with E-state index >= 15 is 0 Å². The fourth-order valence-electron chi connectivity index (χ4n) is 5.69. The molecule has 5 aromatic rings.